The van der Waals surface area contributed by atoms with Crippen molar-refractivity contribution in [2.75, 3.05) is 11.4 Å². The van der Waals surface area contributed by atoms with E-state index in [-0.39, 0.29) is 16.3 Å². The van der Waals surface area contributed by atoms with Crippen molar-refractivity contribution in [3.8, 4) is 5.75 Å². The lowest BCUT2D eigenvalue weighted by Gasteiger charge is -2.52. The van der Waals surface area contributed by atoms with Crippen molar-refractivity contribution in [3.63, 3.8) is 0 Å². The Morgan fingerprint density at radius 2 is 2.05 bits per heavy atom. The lowest BCUT2D eigenvalue weighted by atomic mass is 9.83. The summed E-state index contributed by atoms with van der Waals surface area (Å²) in [5, 5.41) is 13.5. The molecular formula is C16H22ClFN2O. The highest BCUT2D eigenvalue weighted by atomic mass is 35.5. The first kappa shape index (κ1) is 14.9. The highest BCUT2D eigenvalue weighted by Gasteiger charge is 2.41. The summed E-state index contributed by atoms with van der Waals surface area (Å²) in [4.78, 5) is 2.14. The average Bonchev–Trinajstić information content (AvgIpc) is 2.41. The molecule has 0 amide bonds. The number of phenols is 1. The van der Waals surface area contributed by atoms with Gasteiger partial charge in [-0.25, -0.2) is 4.39 Å². The molecule has 1 saturated heterocycles. The number of phenolic OH excluding ortho intramolecular Hbond substituents is 1. The van der Waals surface area contributed by atoms with E-state index in [4.69, 9.17) is 11.6 Å². The van der Waals surface area contributed by atoms with E-state index < -0.39 is 5.82 Å². The number of nitrogens with one attached hydrogen (secondary N) is 1. The average molecular weight is 313 g/mol. The van der Waals surface area contributed by atoms with Gasteiger partial charge < -0.3 is 15.3 Å². The van der Waals surface area contributed by atoms with Gasteiger partial charge in [-0.15, -0.1) is 0 Å². The van der Waals surface area contributed by atoms with Crippen molar-refractivity contribution in [1.29, 1.82) is 0 Å². The molecular weight excluding hydrogens is 291 g/mol. The third kappa shape index (κ3) is 2.84. The first-order chi connectivity index (χ1) is 9.87. The van der Waals surface area contributed by atoms with Crippen molar-refractivity contribution < 1.29 is 9.50 Å². The zero-order valence-electron chi connectivity index (χ0n) is 12.5. The zero-order valence-corrected chi connectivity index (χ0v) is 13.3. The predicted octanol–water partition coefficient (Wildman–Crippen LogP) is 3.68. The van der Waals surface area contributed by atoms with Gasteiger partial charge in [-0.1, -0.05) is 24.4 Å². The van der Waals surface area contributed by atoms with E-state index in [1.165, 1.54) is 12.8 Å². The maximum atomic E-state index is 14.3. The van der Waals surface area contributed by atoms with Gasteiger partial charge >= 0.3 is 0 Å². The van der Waals surface area contributed by atoms with Crippen molar-refractivity contribution in [2.24, 2.45) is 0 Å². The Kier molecular flexibility index (Phi) is 3.78. The van der Waals surface area contributed by atoms with Crippen molar-refractivity contribution in [3.05, 3.63) is 23.0 Å². The van der Waals surface area contributed by atoms with Gasteiger partial charge in [0.15, 0.2) is 0 Å². The van der Waals surface area contributed by atoms with Crippen LogP contribution in [-0.2, 0) is 0 Å². The van der Waals surface area contributed by atoms with Crippen molar-refractivity contribution in [2.45, 2.75) is 57.2 Å². The second kappa shape index (κ2) is 5.33. The quantitative estimate of drug-likeness (QED) is 0.830. The first-order valence-corrected chi connectivity index (χ1v) is 7.97. The molecule has 0 bridgehead atoms. The normalized spacial score (nSPS) is 28.3. The third-order valence-electron chi connectivity index (χ3n) is 4.60. The fourth-order valence-electron chi connectivity index (χ4n) is 3.75. The van der Waals surface area contributed by atoms with Crippen LogP contribution in [0.1, 0.15) is 39.5 Å². The molecule has 2 N–H and O–H groups in total. The van der Waals surface area contributed by atoms with Gasteiger partial charge in [0.2, 0.25) is 0 Å². The number of nitrogens with zero attached hydrogens (tertiary/aromatic N) is 1. The monoisotopic (exact) mass is 312 g/mol. The van der Waals surface area contributed by atoms with Crippen LogP contribution in [0.2, 0.25) is 5.02 Å². The van der Waals surface area contributed by atoms with E-state index >= 15 is 0 Å². The molecule has 21 heavy (non-hydrogen) atoms. The highest BCUT2D eigenvalue weighted by molar-refractivity contribution is 6.32. The number of hydrogen-bond acceptors (Lipinski definition) is 3. The van der Waals surface area contributed by atoms with Crippen molar-refractivity contribution in [1.82, 2.24) is 5.32 Å². The topological polar surface area (TPSA) is 35.5 Å². The maximum Gasteiger partial charge on any atom is 0.150 e. The van der Waals surface area contributed by atoms with Crippen LogP contribution < -0.4 is 10.2 Å². The van der Waals surface area contributed by atoms with Crippen LogP contribution in [0.5, 0.6) is 5.75 Å². The molecule has 1 saturated carbocycles. The summed E-state index contributed by atoms with van der Waals surface area (Å²) >= 11 is 5.99. The molecule has 0 aromatic heterocycles. The van der Waals surface area contributed by atoms with Crippen LogP contribution >= 0.6 is 11.6 Å². The van der Waals surface area contributed by atoms with E-state index in [1.54, 1.807) is 6.07 Å². The minimum absolute atomic E-state index is 0.0741. The summed E-state index contributed by atoms with van der Waals surface area (Å²) in [5.41, 5.74) is 0.430. The highest BCUT2D eigenvalue weighted by Crippen LogP contribution is 2.38. The predicted molar refractivity (Wildman–Crippen MR) is 83.7 cm³/mol. The number of piperazine rings is 1. The molecule has 2 fully saturated rings. The Bertz CT molecular complexity index is 549. The van der Waals surface area contributed by atoms with Gasteiger partial charge in [-0.2, -0.15) is 0 Å². The molecule has 0 spiro atoms. The second-order valence-corrected chi connectivity index (χ2v) is 7.28. The van der Waals surface area contributed by atoms with Gasteiger partial charge in [0.25, 0.3) is 0 Å². The van der Waals surface area contributed by atoms with Crippen LogP contribution in [0.4, 0.5) is 10.1 Å². The van der Waals surface area contributed by atoms with E-state index in [0.29, 0.717) is 17.8 Å². The van der Waals surface area contributed by atoms with Crippen LogP contribution in [0.15, 0.2) is 12.1 Å². The van der Waals surface area contributed by atoms with Gasteiger partial charge in [-0.3, -0.25) is 0 Å². The molecule has 3 rings (SSSR count). The number of halogens is 2. The van der Waals surface area contributed by atoms with Crippen molar-refractivity contribution >= 4 is 17.3 Å². The molecule has 1 aromatic rings. The summed E-state index contributed by atoms with van der Waals surface area (Å²) in [6.45, 7) is 5.02. The second-order valence-electron chi connectivity index (χ2n) is 6.87. The Labute approximate surface area is 130 Å². The number of aromatic hydroxyl groups is 1. The lowest BCUT2D eigenvalue weighted by Crippen LogP contribution is -2.67. The molecule has 0 unspecified atom stereocenters. The first-order valence-electron chi connectivity index (χ1n) is 7.60. The molecule has 1 heterocycles. The molecule has 2 aliphatic rings. The van der Waals surface area contributed by atoms with E-state index in [2.05, 4.69) is 24.1 Å². The largest absolute Gasteiger partial charge is 0.506 e. The zero-order chi connectivity index (χ0) is 15.2. The smallest absolute Gasteiger partial charge is 0.150 e. The summed E-state index contributed by atoms with van der Waals surface area (Å²) in [6.07, 6.45) is 4.58. The maximum absolute atomic E-state index is 14.3. The van der Waals surface area contributed by atoms with Gasteiger partial charge in [0, 0.05) is 30.2 Å². The number of benzene rings is 1. The minimum atomic E-state index is -0.404. The summed E-state index contributed by atoms with van der Waals surface area (Å²) < 4.78 is 14.3. The molecule has 116 valence electrons. The fourth-order valence-corrected chi connectivity index (χ4v) is 3.91. The standard InChI is InChI=1S/C16H22ClFN2O/c1-16(2)9-20(13-6-4-3-5-12(13)19-16)14-7-10(17)15(21)8-11(14)18/h7-8,12-13,19,21H,3-6,9H2,1-2H3/t12-,13-/m1/s1. The molecule has 1 aromatic carbocycles. The molecule has 5 heteroatoms. The number of anilines is 1. The Morgan fingerprint density at radius 1 is 1.33 bits per heavy atom. The molecule has 1 aliphatic heterocycles. The summed E-state index contributed by atoms with van der Waals surface area (Å²) in [6, 6.07) is 3.35. The van der Waals surface area contributed by atoms with Crippen LogP contribution in [0.25, 0.3) is 0 Å². The molecule has 3 nitrogen and oxygen atoms in total. The van der Waals surface area contributed by atoms with Crippen LogP contribution in [0, 0.1) is 5.82 Å². The number of hydrogen-bond donors (Lipinski definition) is 2. The van der Waals surface area contributed by atoms with Crippen LogP contribution in [0.3, 0.4) is 0 Å². The van der Waals surface area contributed by atoms with Gasteiger partial charge in [0.1, 0.15) is 11.6 Å². The SMILES string of the molecule is CC1(C)CN(c2cc(Cl)c(O)cc2F)[C@@H]2CCCC[C@H]2N1. The summed E-state index contributed by atoms with van der Waals surface area (Å²) in [7, 11) is 0. The Balaban J connectivity index is 2.00. The van der Waals surface area contributed by atoms with E-state index in [1.807, 2.05) is 0 Å². The Morgan fingerprint density at radius 3 is 2.81 bits per heavy atom. The molecule has 0 radical (unpaired) electrons. The number of fused-ring (bicyclic) bond motifs is 1. The Hall–Kier alpha value is -1.00. The third-order valence-corrected chi connectivity index (χ3v) is 4.90. The number of rotatable bonds is 1. The van der Waals surface area contributed by atoms with Crippen LogP contribution in [-0.4, -0.2) is 29.3 Å². The van der Waals surface area contributed by atoms with E-state index in [9.17, 15) is 9.50 Å². The van der Waals surface area contributed by atoms with Gasteiger partial charge in [-0.05, 0) is 32.8 Å². The van der Waals surface area contributed by atoms with E-state index in [0.717, 1.165) is 25.5 Å². The fraction of sp³-hybridized carbons (Fsp3) is 0.625. The molecule has 2 atom stereocenters. The molecule has 1 aliphatic carbocycles. The summed E-state index contributed by atoms with van der Waals surface area (Å²) in [5.74, 6) is -0.605. The lowest BCUT2D eigenvalue weighted by molar-refractivity contribution is 0.198. The van der Waals surface area contributed by atoms with Gasteiger partial charge in [0.05, 0.1) is 10.7 Å². The minimum Gasteiger partial charge on any atom is -0.506 e.